The Morgan fingerprint density at radius 1 is 0.972 bits per heavy atom. The van der Waals surface area contributed by atoms with Gasteiger partial charge in [-0.05, 0) is 55.6 Å². The molecule has 2 aromatic heterocycles. The van der Waals surface area contributed by atoms with Crippen molar-refractivity contribution in [2.24, 2.45) is 17.3 Å². The average Bonchev–Trinajstić information content (AvgIpc) is 4.14. The molecule has 1 aromatic carbocycles. The molecule has 2 aliphatic heterocycles. The second-order valence-corrected chi connectivity index (χ2v) is 20.4. The first-order valence-electron chi connectivity index (χ1n) is 24.5. The van der Waals surface area contributed by atoms with Crippen LogP contribution in [0.15, 0.2) is 29.8 Å². The standard InChI is InChI=1S/C49H72N10O12S/c1-30(2)22-38(45(64)53-36(27-60)23-35-12-14-50-44(35)63)54-48(67)71-28-39-32(4)59(57-56-39)15-17-69-19-21-70-20-18-68-16-13-41(62)55-43(49(5,6)7)47(66)58-26-37(61)24-40(58)46(65)51-25-33-8-10-34(11-9-33)42-31(3)52-29-72-42/h8-11,27,29-30,35-38,40,43,61H,12-26,28H2,1-7H3,(H,50,63)(H,51,65)(H,53,64)(H,54,67)(H,55,62)/t35-,36-,37+,38-,40-,43+/m0/s1. The number of aliphatic hydroxyl groups excluding tert-OH is 1. The van der Waals surface area contributed by atoms with Crippen LogP contribution in [-0.4, -0.2) is 155 Å². The normalized spacial score (nSPS) is 18.0. The Morgan fingerprint density at radius 3 is 2.29 bits per heavy atom. The quantitative estimate of drug-likeness (QED) is 0.0449. The Hall–Kier alpha value is -5.88. The van der Waals surface area contributed by atoms with E-state index in [-0.39, 0.29) is 89.0 Å². The summed E-state index contributed by atoms with van der Waals surface area (Å²) in [5.41, 5.74) is 5.06. The minimum atomic E-state index is -0.967. The molecule has 0 saturated carbocycles. The van der Waals surface area contributed by atoms with Crippen molar-refractivity contribution in [3.8, 4) is 10.4 Å². The van der Waals surface area contributed by atoms with E-state index < -0.39 is 59.5 Å². The first-order chi connectivity index (χ1) is 34.3. The van der Waals surface area contributed by atoms with Crippen LogP contribution in [0.25, 0.3) is 10.4 Å². The monoisotopic (exact) mass is 1020 g/mol. The van der Waals surface area contributed by atoms with E-state index in [1.165, 1.54) is 4.90 Å². The lowest BCUT2D eigenvalue weighted by Crippen LogP contribution is -2.57. The second kappa shape index (κ2) is 27.8. The predicted molar refractivity (Wildman–Crippen MR) is 264 cm³/mol. The summed E-state index contributed by atoms with van der Waals surface area (Å²) < 4.78 is 23.9. The number of hydrogen-bond acceptors (Lipinski definition) is 16. The number of aliphatic hydroxyl groups is 1. The lowest BCUT2D eigenvalue weighted by atomic mass is 9.85. The van der Waals surface area contributed by atoms with E-state index in [4.69, 9.17) is 18.9 Å². The number of aromatic nitrogens is 4. The van der Waals surface area contributed by atoms with E-state index in [0.29, 0.717) is 56.8 Å². The number of aryl methyl sites for hydroxylation is 1. The Kier molecular flexibility index (Phi) is 22.0. The maximum absolute atomic E-state index is 14.0. The number of β-amino-alcohol motifs (C(OH)–C–C–N with tert-alkyl or cyclic N) is 1. The minimum absolute atomic E-state index is 0.00874. The Labute approximate surface area is 424 Å². The number of likely N-dealkylation sites (tertiary alicyclic amines) is 1. The first-order valence-corrected chi connectivity index (χ1v) is 25.4. The lowest BCUT2D eigenvalue weighted by Gasteiger charge is -2.35. The molecule has 0 bridgehead atoms. The zero-order valence-corrected chi connectivity index (χ0v) is 43.2. The van der Waals surface area contributed by atoms with Gasteiger partial charge in [0.1, 0.15) is 36.7 Å². The Balaban J connectivity index is 0.933. The number of carbonyl (C=O) groups excluding carboxylic acids is 7. The molecule has 2 fully saturated rings. The van der Waals surface area contributed by atoms with Gasteiger partial charge in [-0.2, -0.15) is 0 Å². The maximum Gasteiger partial charge on any atom is 0.408 e. The number of amides is 6. The molecule has 22 nitrogen and oxygen atoms in total. The van der Waals surface area contributed by atoms with E-state index in [1.807, 2.05) is 65.8 Å². The number of nitrogens with one attached hydrogen (secondary N) is 5. The highest BCUT2D eigenvalue weighted by molar-refractivity contribution is 7.13. The van der Waals surface area contributed by atoms with Crippen LogP contribution in [0.1, 0.15) is 89.4 Å². The van der Waals surface area contributed by atoms with Gasteiger partial charge in [-0.3, -0.25) is 24.0 Å². The fraction of sp³-hybridized carbons (Fsp3) is 0.633. The van der Waals surface area contributed by atoms with Gasteiger partial charge in [-0.25, -0.2) is 14.5 Å². The summed E-state index contributed by atoms with van der Waals surface area (Å²) in [5, 5.41) is 32.5. The van der Waals surface area contributed by atoms with Crippen molar-refractivity contribution in [3.63, 3.8) is 0 Å². The zero-order chi connectivity index (χ0) is 52.4. The predicted octanol–water partition coefficient (Wildman–Crippen LogP) is 2.12. The van der Waals surface area contributed by atoms with Crippen molar-refractivity contribution in [2.75, 3.05) is 52.7 Å². The second-order valence-electron chi connectivity index (χ2n) is 19.5. The molecular formula is C49H72N10O12S. The molecule has 3 aromatic rings. The van der Waals surface area contributed by atoms with Crippen LogP contribution in [0.5, 0.6) is 0 Å². The molecule has 0 unspecified atom stereocenters. The first kappa shape index (κ1) is 57.0. The van der Waals surface area contributed by atoms with Crippen LogP contribution in [0.4, 0.5) is 4.79 Å². The molecule has 0 aliphatic carbocycles. The third-order valence-corrected chi connectivity index (χ3v) is 13.3. The molecule has 2 aliphatic rings. The number of hydrogen-bond donors (Lipinski definition) is 6. The molecule has 4 heterocycles. The van der Waals surface area contributed by atoms with Gasteiger partial charge >= 0.3 is 6.09 Å². The fourth-order valence-electron chi connectivity index (χ4n) is 8.24. The summed E-state index contributed by atoms with van der Waals surface area (Å²) in [7, 11) is 0. The molecule has 6 N–H and O–H groups in total. The fourth-order valence-corrected chi connectivity index (χ4v) is 9.05. The Bertz CT molecular complexity index is 2280. The minimum Gasteiger partial charge on any atom is -0.443 e. The van der Waals surface area contributed by atoms with Crippen LogP contribution >= 0.6 is 11.3 Å². The van der Waals surface area contributed by atoms with Gasteiger partial charge in [0.15, 0.2) is 0 Å². The summed E-state index contributed by atoms with van der Waals surface area (Å²) >= 11 is 1.56. The van der Waals surface area contributed by atoms with Crippen molar-refractivity contribution in [1.82, 2.24) is 51.5 Å². The van der Waals surface area contributed by atoms with Crippen molar-refractivity contribution < 1.29 is 57.6 Å². The number of ether oxygens (including phenoxy) is 4. The topological polar surface area (TPSA) is 284 Å². The van der Waals surface area contributed by atoms with Gasteiger partial charge in [0.25, 0.3) is 0 Å². The smallest absolute Gasteiger partial charge is 0.408 e. The molecule has 0 spiro atoms. The maximum atomic E-state index is 14.0. The average molecular weight is 1030 g/mol. The summed E-state index contributed by atoms with van der Waals surface area (Å²) in [5.74, 6) is -2.25. The molecule has 396 valence electrons. The highest BCUT2D eigenvalue weighted by Crippen LogP contribution is 2.28. The number of benzene rings is 1. The number of carbonyl (C=O) groups is 7. The summed E-state index contributed by atoms with van der Waals surface area (Å²) in [6.07, 6.45) is 0.00626. The van der Waals surface area contributed by atoms with Crippen LogP contribution in [0, 0.1) is 31.1 Å². The van der Waals surface area contributed by atoms with Crippen LogP contribution < -0.4 is 26.6 Å². The molecule has 6 amide bonds. The number of thiazole rings is 1. The number of alkyl carbamates (subject to hydrolysis) is 1. The molecule has 5 rings (SSSR count). The van der Waals surface area contributed by atoms with Crippen LogP contribution in [0.3, 0.4) is 0 Å². The molecule has 23 heteroatoms. The van der Waals surface area contributed by atoms with E-state index in [9.17, 15) is 38.7 Å². The van der Waals surface area contributed by atoms with Crippen molar-refractivity contribution in [2.45, 2.75) is 131 Å². The SMILES string of the molecule is Cc1ncsc1-c1ccc(CNC(=O)[C@@H]2C[C@@H](O)CN2C(=O)[C@@H](NC(=O)CCOCCOCCOCCn2nnc(COC(=O)N[C@@H](CC(C)C)C(=O)N[C@H](C=O)C[C@@H]3CCNC3=O)c2C)C(C)(C)C)cc1. The number of rotatable bonds is 28. The van der Waals surface area contributed by atoms with Gasteiger partial charge in [-0.15, -0.1) is 16.4 Å². The molecule has 6 atom stereocenters. The molecular weight excluding hydrogens is 953 g/mol. The third-order valence-electron chi connectivity index (χ3n) is 12.3. The molecule has 2 saturated heterocycles. The largest absolute Gasteiger partial charge is 0.443 e. The lowest BCUT2D eigenvalue weighted by molar-refractivity contribution is -0.144. The summed E-state index contributed by atoms with van der Waals surface area (Å²) in [4.78, 5) is 96.7. The highest BCUT2D eigenvalue weighted by atomic mass is 32.1. The van der Waals surface area contributed by atoms with Crippen molar-refractivity contribution >= 4 is 53.3 Å². The van der Waals surface area contributed by atoms with Crippen molar-refractivity contribution in [1.29, 1.82) is 0 Å². The Morgan fingerprint density at radius 2 is 1.67 bits per heavy atom. The zero-order valence-electron chi connectivity index (χ0n) is 42.4. The van der Waals surface area contributed by atoms with Gasteiger partial charge in [0.2, 0.25) is 29.5 Å². The molecule has 0 radical (unpaired) electrons. The highest BCUT2D eigenvalue weighted by Gasteiger charge is 2.44. The van der Waals surface area contributed by atoms with Gasteiger partial charge in [0.05, 0.1) is 80.1 Å². The van der Waals surface area contributed by atoms with E-state index >= 15 is 0 Å². The van der Waals surface area contributed by atoms with E-state index in [0.717, 1.165) is 21.7 Å². The van der Waals surface area contributed by atoms with Crippen LogP contribution in [-0.2, 0) is 67.4 Å². The number of aldehydes is 1. The van der Waals surface area contributed by atoms with Gasteiger partial charge < -0.3 is 60.3 Å². The van der Waals surface area contributed by atoms with Crippen molar-refractivity contribution in [3.05, 3.63) is 52.4 Å². The molecule has 72 heavy (non-hydrogen) atoms. The summed E-state index contributed by atoms with van der Waals surface area (Å²) in [6, 6.07) is 4.13. The summed E-state index contributed by atoms with van der Waals surface area (Å²) in [6.45, 7) is 15.4. The number of nitrogens with zero attached hydrogens (tertiary/aromatic N) is 5. The van der Waals surface area contributed by atoms with E-state index in [2.05, 4.69) is 41.9 Å². The van der Waals surface area contributed by atoms with E-state index in [1.54, 1.807) is 28.5 Å². The van der Waals surface area contributed by atoms with Crippen LogP contribution in [0.2, 0.25) is 0 Å². The third kappa shape index (κ3) is 17.4. The van der Waals surface area contributed by atoms with Gasteiger partial charge in [-0.1, -0.05) is 64.1 Å². The van der Waals surface area contributed by atoms with Gasteiger partial charge in [0, 0.05) is 38.4 Å².